The topological polar surface area (TPSA) is 95.4 Å². The number of hydrogen-bond donors (Lipinski definition) is 3. The molecule has 2 aromatic rings. The second kappa shape index (κ2) is 9.04. The molecule has 0 spiro atoms. The molecule has 0 bridgehead atoms. The summed E-state index contributed by atoms with van der Waals surface area (Å²) in [4.78, 5) is 12.5. The van der Waals surface area contributed by atoms with Gasteiger partial charge in [-0.3, -0.25) is 10.2 Å². The highest BCUT2D eigenvalue weighted by Gasteiger charge is 2.28. The summed E-state index contributed by atoms with van der Waals surface area (Å²) in [6.45, 7) is 0.600. The molecule has 0 radical (unpaired) electrons. The SMILES string of the molecule is COc1ccc(NC(=O)/C(C#N)=C/C2CNNC2c2cccc(OC)c2)cc1. The first-order valence-electron chi connectivity index (χ1n) is 8.84. The van der Waals surface area contributed by atoms with Crippen LogP contribution in [0.1, 0.15) is 11.6 Å². The average molecular weight is 378 g/mol. The maximum Gasteiger partial charge on any atom is 0.265 e. The summed E-state index contributed by atoms with van der Waals surface area (Å²) in [5, 5.41) is 12.2. The molecule has 1 saturated heterocycles. The van der Waals surface area contributed by atoms with Crippen molar-refractivity contribution in [3.8, 4) is 17.6 Å². The van der Waals surface area contributed by atoms with Crippen molar-refractivity contribution >= 4 is 11.6 Å². The number of rotatable bonds is 6. The van der Waals surface area contributed by atoms with Crippen molar-refractivity contribution in [1.29, 1.82) is 5.26 Å². The molecule has 1 aliphatic heterocycles. The molecule has 0 saturated carbocycles. The Hall–Kier alpha value is -3.34. The second-order valence-electron chi connectivity index (χ2n) is 6.32. The molecule has 2 unspecified atom stereocenters. The van der Waals surface area contributed by atoms with E-state index in [2.05, 4.69) is 16.2 Å². The summed E-state index contributed by atoms with van der Waals surface area (Å²) < 4.78 is 10.4. The molecule has 7 heteroatoms. The number of nitrogens with zero attached hydrogens (tertiary/aromatic N) is 1. The molecule has 0 aromatic heterocycles. The lowest BCUT2D eigenvalue weighted by atomic mass is 9.93. The first-order valence-corrected chi connectivity index (χ1v) is 8.84. The van der Waals surface area contributed by atoms with Gasteiger partial charge >= 0.3 is 0 Å². The van der Waals surface area contributed by atoms with E-state index in [1.165, 1.54) is 0 Å². The van der Waals surface area contributed by atoms with Crippen molar-refractivity contribution in [2.24, 2.45) is 5.92 Å². The van der Waals surface area contributed by atoms with Crippen LogP contribution in [0, 0.1) is 17.2 Å². The lowest BCUT2D eigenvalue weighted by molar-refractivity contribution is -0.112. The minimum atomic E-state index is -0.441. The summed E-state index contributed by atoms with van der Waals surface area (Å²) in [6.07, 6.45) is 1.70. The number of ether oxygens (including phenoxy) is 2. The molecule has 3 rings (SSSR count). The monoisotopic (exact) mass is 378 g/mol. The highest BCUT2D eigenvalue weighted by atomic mass is 16.5. The second-order valence-corrected chi connectivity index (χ2v) is 6.32. The van der Waals surface area contributed by atoms with E-state index in [9.17, 15) is 10.1 Å². The molecule has 1 amide bonds. The quantitative estimate of drug-likeness (QED) is 0.528. The number of nitriles is 1. The maximum atomic E-state index is 12.5. The van der Waals surface area contributed by atoms with E-state index in [0.717, 1.165) is 11.3 Å². The van der Waals surface area contributed by atoms with Gasteiger partial charge < -0.3 is 14.8 Å². The Balaban J connectivity index is 1.76. The third-order valence-electron chi connectivity index (χ3n) is 4.57. The molecular weight excluding hydrogens is 356 g/mol. The molecular formula is C21H22N4O3. The molecule has 7 nitrogen and oxygen atoms in total. The minimum absolute atomic E-state index is 0.0663. The van der Waals surface area contributed by atoms with E-state index in [1.807, 2.05) is 30.3 Å². The summed E-state index contributed by atoms with van der Waals surface area (Å²) >= 11 is 0. The molecule has 144 valence electrons. The Labute approximate surface area is 163 Å². The molecule has 2 atom stereocenters. The standard InChI is InChI=1S/C21H22N4O3/c1-27-18-8-6-17(7-9-18)24-21(26)15(12-22)10-16-13-23-25-20(16)14-4-3-5-19(11-14)28-2/h3-11,16,20,23,25H,13H2,1-2H3,(H,24,26)/b15-10+. The van der Waals surface area contributed by atoms with Gasteiger partial charge in [0.15, 0.2) is 0 Å². The Kier molecular flexibility index (Phi) is 6.27. The predicted molar refractivity (Wildman–Crippen MR) is 106 cm³/mol. The van der Waals surface area contributed by atoms with Gasteiger partial charge in [-0.1, -0.05) is 18.2 Å². The zero-order valence-electron chi connectivity index (χ0n) is 15.7. The van der Waals surface area contributed by atoms with Crippen LogP contribution in [0.15, 0.2) is 60.2 Å². The number of hydrazine groups is 1. The van der Waals surface area contributed by atoms with E-state index < -0.39 is 5.91 Å². The fourth-order valence-corrected chi connectivity index (χ4v) is 3.08. The molecule has 28 heavy (non-hydrogen) atoms. The summed E-state index contributed by atoms with van der Waals surface area (Å²) in [5.41, 5.74) is 7.98. The van der Waals surface area contributed by atoms with Crippen molar-refractivity contribution in [2.45, 2.75) is 6.04 Å². The van der Waals surface area contributed by atoms with Gasteiger partial charge in [0, 0.05) is 18.2 Å². The van der Waals surface area contributed by atoms with E-state index in [-0.39, 0.29) is 17.5 Å². The number of carbonyl (C=O) groups excluding carboxylic acids is 1. The molecule has 1 fully saturated rings. The lowest BCUT2D eigenvalue weighted by Crippen LogP contribution is -2.25. The first kappa shape index (κ1) is 19.4. The van der Waals surface area contributed by atoms with Crippen molar-refractivity contribution < 1.29 is 14.3 Å². The zero-order chi connectivity index (χ0) is 19.9. The molecule has 2 aromatic carbocycles. The molecule has 1 aliphatic rings. The van der Waals surface area contributed by atoms with Crippen molar-refractivity contribution in [3.05, 3.63) is 65.7 Å². The lowest BCUT2D eigenvalue weighted by Gasteiger charge is -2.17. The van der Waals surface area contributed by atoms with Gasteiger partial charge in [0.25, 0.3) is 5.91 Å². The summed E-state index contributed by atoms with van der Waals surface area (Å²) in [5.74, 6) is 0.942. The normalized spacial score (nSPS) is 19.0. The highest BCUT2D eigenvalue weighted by molar-refractivity contribution is 6.06. The summed E-state index contributed by atoms with van der Waals surface area (Å²) in [7, 11) is 3.20. The number of amides is 1. The molecule has 1 heterocycles. The van der Waals surface area contributed by atoms with Gasteiger partial charge in [0.05, 0.1) is 20.3 Å². The number of hydrogen-bond acceptors (Lipinski definition) is 6. The number of nitrogens with one attached hydrogen (secondary N) is 3. The zero-order valence-corrected chi connectivity index (χ0v) is 15.7. The predicted octanol–water partition coefficient (Wildman–Crippen LogP) is 2.56. The van der Waals surface area contributed by atoms with Gasteiger partial charge in [-0.2, -0.15) is 5.26 Å². The number of benzene rings is 2. The van der Waals surface area contributed by atoms with Crippen LogP contribution in [0.4, 0.5) is 5.69 Å². The van der Waals surface area contributed by atoms with Crippen LogP contribution in [-0.2, 0) is 4.79 Å². The van der Waals surface area contributed by atoms with Gasteiger partial charge in [0.1, 0.15) is 23.1 Å². The molecule has 3 N–H and O–H groups in total. The molecule has 0 aliphatic carbocycles. The first-order chi connectivity index (χ1) is 13.6. The maximum absolute atomic E-state index is 12.5. The smallest absolute Gasteiger partial charge is 0.265 e. The fraction of sp³-hybridized carbons (Fsp3) is 0.238. The third-order valence-corrected chi connectivity index (χ3v) is 4.57. The van der Waals surface area contributed by atoms with Crippen molar-refractivity contribution in [1.82, 2.24) is 10.9 Å². The van der Waals surface area contributed by atoms with Crippen molar-refractivity contribution in [2.75, 3.05) is 26.1 Å². The Morgan fingerprint density at radius 1 is 1.18 bits per heavy atom. The van der Waals surface area contributed by atoms with E-state index >= 15 is 0 Å². The Bertz CT molecular complexity index is 903. The number of carbonyl (C=O) groups is 1. The van der Waals surface area contributed by atoms with Gasteiger partial charge in [0.2, 0.25) is 0 Å². The van der Waals surface area contributed by atoms with Gasteiger partial charge in [-0.25, -0.2) is 5.43 Å². The van der Waals surface area contributed by atoms with Crippen LogP contribution in [0.2, 0.25) is 0 Å². The summed E-state index contributed by atoms with van der Waals surface area (Å²) in [6, 6.07) is 16.6. The van der Waals surface area contributed by atoms with Crippen LogP contribution in [0.5, 0.6) is 11.5 Å². The van der Waals surface area contributed by atoms with Crippen LogP contribution in [0.25, 0.3) is 0 Å². The van der Waals surface area contributed by atoms with E-state index in [0.29, 0.717) is 18.0 Å². The number of anilines is 1. The number of methoxy groups -OCH3 is 2. The van der Waals surface area contributed by atoms with Crippen molar-refractivity contribution in [3.63, 3.8) is 0 Å². The van der Waals surface area contributed by atoms with Gasteiger partial charge in [-0.15, -0.1) is 0 Å². The third kappa shape index (κ3) is 4.49. The highest BCUT2D eigenvalue weighted by Crippen LogP contribution is 2.29. The van der Waals surface area contributed by atoms with E-state index in [4.69, 9.17) is 9.47 Å². The minimum Gasteiger partial charge on any atom is -0.497 e. The van der Waals surface area contributed by atoms with E-state index in [1.54, 1.807) is 44.6 Å². The van der Waals surface area contributed by atoms with Crippen LogP contribution in [-0.4, -0.2) is 26.7 Å². The van der Waals surface area contributed by atoms with Crippen LogP contribution < -0.4 is 25.6 Å². The Morgan fingerprint density at radius 2 is 1.93 bits per heavy atom. The van der Waals surface area contributed by atoms with Crippen LogP contribution in [0.3, 0.4) is 0 Å². The largest absolute Gasteiger partial charge is 0.497 e. The fourth-order valence-electron chi connectivity index (χ4n) is 3.08. The Morgan fingerprint density at radius 3 is 2.61 bits per heavy atom. The van der Waals surface area contributed by atoms with Gasteiger partial charge in [-0.05, 0) is 42.0 Å². The average Bonchev–Trinajstić information content (AvgIpc) is 3.20. The van der Waals surface area contributed by atoms with Crippen LogP contribution >= 0.6 is 0 Å².